The van der Waals surface area contributed by atoms with Crippen molar-refractivity contribution >= 4 is 18.3 Å². The quantitative estimate of drug-likeness (QED) is 0.876. The molecule has 1 aromatic carbocycles. The minimum absolute atomic E-state index is 0. The highest BCUT2D eigenvalue weighted by Gasteiger charge is 2.22. The number of carbonyl (C=O) groups is 1. The van der Waals surface area contributed by atoms with Crippen LogP contribution in [0.3, 0.4) is 0 Å². The van der Waals surface area contributed by atoms with Gasteiger partial charge in [-0.1, -0.05) is 30.3 Å². The monoisotopic (exact) mass is 310 g/mol. The number of likely N-dealkylation sites (tertiary alicyclic amines) is 1. The average Bonchev–Trinajstić information content (AvgIpc) is 2.49. The van der Waals surface area contributed by atoms with E-state index >= 15 is 0 Å². The fourth-order valence-corrected chi connectivity index (χ4v) is 3.03. The Hall–Kier alpha value is -1.06. The number of aryl methyl sites for hydroxylation is 1. The first-order valence-electron chi connectivity index (χ1n) is 7.76. The van der Waals surface area contributed by atoms with Crippen LogP contribution in [0.1, 0.15) is 31.2 Å². The molecular weight excluding hydrogens is 284 g/mol. The molecule has 3 nitrogen and oxygen atoms in total. The zero-order valence-corrected chi connectivity index (χ0v) is 13.7. The highest BCUT2D eigenvalue weighted by atomic mass is 35.5. The van der Waals surface area contributed by atoms with Crippen LogP contribution in [-0.2, 0) is 11.2 Å². The van der Waals surface area contributed by atoms with Crippen LogP contribution in [0.15, 0.2) is 30.3 Å². The highest BCUT2D eigenvalue weighted by Crippen LogP contribution is 2.22. The van der Waals surface area contributed by atoms with Gasteiger partial charge in [-0.2, -0.15) is 0 Å². The summed E-state index contributed by atoms with van der Waals surface area (Å²) in [4.78, 5) is 13.9. The third-order valence-corrected chi connectivity index (χ3v) is 4.12. The molecule has 2 rings (SSSR count). The van der Waals surface area contributed by atoms with Crippen LogP contribution in [0.5, 0.6) is 0 Å². The molecule has 0 aliphatic carbocycles. The number of rotatable bonds is 6. The van der Waals surface area contributed by atoms with E-state index in [4.69, 9.17) is 0 Å². The third kappa shape index (κ3) is 6.06. The number of carbonyl (C=O) groups excluding carboxylic acids is 1. The SMILES string of the molecule is CNCC(=O)N1CCCC(CCCc2ccccc2)C1.Cl. The van der Waals surface area contributed by atoms with Gasteiger partial charge in [0, 0.05) is 13.1 Å². The van der Waals surface area contributed by atoms with Gasteiger partial charge in [-0.05, 0) is 50.6 Å². The first-order chi connectivity index (χ1) is 9.79. The molecule has 0 spiro atoms. The first kappa shape index (κ1) is 18.0. The van der Waals surface area contributed by atoms with Crippen LogP contribution in [0.25, 0.3) is 0 Å². The van der Waals surface area contributed by atoms with Gasteiger partial charge in [0.05, 0.1) is 6.54 Å². The highest BCUT2D eigenvalue weighted by molar-refractivity contribution is 5.85. The Balaban J connectivity index is 0.00000220. The average molecular weight is 311 g/mol. The number of benzene rings is 1. The van der Waals surface area contributed by atoms with E-state index in [1.54, 1.807) is 0 Å². The van der Waals surface area contributed by atoms with Crippen molar-refractivity contribution in [2.45, 2.75) is 32.1 Å². The number of piperidine rings is 1. The molecule has 1 aliphatic rings. The lowest BCUT2D eigenvalue weighted by Crippen LogP contribution is -2.43. The van der Waals surface area contributed by atoms with Gasteiger partial charge in [0.25, 0.3) is 0 Å². The zero-order chi connectivity index (χ0) is 14.2. The molecule has 0 radical (unpaired) electrons. The number of nitrogens with one attached hydrogen (secondary N) is 1. The summed E-state index contributed by atoms with van der Waals surface area (Å²) in [5.74, 6) is 0.938. The largest absolute Gasteiger partial charge is 0.341 e. The minimum atomic E-state index is 0. The van der Waals surface area contributed by atoms with E-state index in [0.717, 1.165) is 25.9 Å². The molecule has 0 bridgehead atoms. The topological polar surface area (TPSA) is 32.3 Å². The summed E-state index contributed by atoms with van der Waals surface area (Å²) in [6, 6.07) is 10.7. The molecule has 21 heavy (non-hydrogen) atoms. The zero-order valence-electron chi connectivity index (χ0n) is 12.9. The van der Waals surface area contributed by atoms with Gasteiger partial charge in [0.2, 0.25) is 5.91 Å². The lowest BCUT2D eigenvalue weighted by molar-refractivity contribution is -0.132. The summed E-state index contributed by atoms with van der Waals surface area (Å²) in [7, 11) is 1.83. The van der Waals surface area contributed by atoms with Crippen molar-refractivity contribution in [3.8, 4) is 0 Å². The van der Waals surface area contributed by atoms with E-state index in [2.05, 4.69) is 35.6 Å². The standard InChI is InChI=1S/C17H26N2O.ClH/c1-18-13-17(20)19-12-6-11-16(14-19)10-5-9-15-7-3-2-4-8-15;/h2-4,7-8,16,18H,5-6,9-14H2,1H3;1H. The Labute approximate surface area is 134 Å². The molecule has 1 saturated heterocycles. The van der Waals surface area contributed by atoms with E-state index in [-0.39, 0.29) is 18.3 Å². The maximum Gasteiger partial charge on any atom is 0.236 e. The lowest BCUT2D eigenvalue weighted by Gasteiger charge is -2.33. The molecule has 1 unspecified atom stereocenters. The molecule has 4 heteroatoms. The number of hydrogen-bond acceptors (Lipinski definition) is 2. The van der Waals surface area contributed by atoms with Crippen LogP contribution in [0.2, 0.25) is 0 Å². The van der Waals surface area contributed by atoms with Crippen molar-refractivity contribution in [1.82, 2.24) is 10.2 Å². The van der Waals surface area contributed by atoms with Gasteiger partial charge >= 0.3 is 0 Å². The number of amides is 1. The normalized spacial score (nSPS) is 18.1. The maximum absolute atomic E-state index is 11.9. The van der Waals surface area contributed by atoms with Gasteiger partial charge in [-0.15, -0.1) is 12.4 Å². The fraction of sp³-hybridized carbons (Fsp3) is 0.588. The van der Waals surface area contributed by atoms with E-state index in [9.17, 15) is 4.79 Å². The van der Waals surface area contributed by atoms with Crippen molar-refractivity contribution in [3.05, 3.63) is 35.9 Å². The van der Waals surface area contributed by atoms with Gasteiger partial charge in [-0.3, -0.25) is 4.79 Å². The summed E-state index contributed by atoms with van der Waals surface area (Å²) in [5, 5.41) is 2.95. The molecule has 1 amide bonds. The van der Waals surface area contributed by atoms with E-state index in [0.29, 0.717) is 12.5 Å². The third-order valence-electron chi connectivity index (χ3n) is 4.12. The second-order valence-electron chi connectivity index (χ2n) is 5.76. The van der Waals surface area contributed by atoms with Crippen molar-refractivity contribution in [3.63, 3.8) is 0 Å². The number of likely N-dealkylation sites (N-methyl/N-ethyl adjacent to an activating group) is 1. The van der Waals surface area contributed by atoms with Crippen LogP contribution >= 0.6 is 12.4 Å². The van der Waals surface area contributed by atoms with Gasteiger partial charge in [-0.25, -0.2) is 0 Å². The lowest BCUT2D eigenvalue weighted by atomic mass is 9.92. The Morgan fingerprint density at radius 2 is 2.10 bits per heavy atom. The summed E-state index contributed by atoms with van der Waals surface area (Å²) in [5.41, 5.74) is 1.42. The molecule has 1 fully saturated rings. The predicted octanol–water partition coefficient (Wildman–Crippen LogP) is 2.89. The second-order valence-corrected chi connectivity index (χ2v) is 5.76. The van der Waals surface area contributed by atoms with Crippen molar-refractivity contribution in [2.24, 2.45) is 5.92 Å². The Kier molecular flexibility index (Phi) is 8.40. The second kappa shape index (κ2) is 9.80. The Morgan fingerprint density at radius 1 is 1.33 bits per heavy atom. The fourth-order valence-electron chi connectivity index (χ4n) is 3.03. The minimum Gasteiger partial charge on any atom is -0.341 e. The number of nitrogens with zero attached hydrogens (tertiary/aromatic N) is 1. The van der Waals surface area contributed by atoms with Crippen LogP contribution in [0, 0.1) is 5.92 Å². The van der Waals surface area contributed by atoms with Crippen molar-refractivity contribution in [1.29, 1.82) is 0 Å². The Morgan fingerprint density at radius 3 is 2.81 bits per heavy atom. The van der Waals surface area contributed by atoms with Crippen LogP contribution < -0.4 is 5.32 Å². The first-order valence-corrected chi connectivity index (χ1v) is 7.76. The number of halogens is 1. The molecule has 0 aromatic heterocycles. The molecule has 1 aliphatic heterocycles. The molecular formula is C17H27ClN2O. The van der Waals surface area contributed by atoms with E-state index in [1.165, 1.54) is 24.8 Å². The summed E-state index contributed by atoms with van der Waals surface area (Å²) in [6.45, 7) is 2.36. The molecule has 0 saturated carbocycles. The molecule has 1 atom stereocenters. The van der Waals surface area contributed by atoms with Gasteiger partial charge < -0.3 is 10.2 Å². The molecule has 1 aromatic rings. The van der Waals surface area contributed by atoms with Crippen LogP contribution in [0.4, 0.5) is 0 Å². The van der Waals surface area contributed by atoms with Crippen LogP contribution in [-0.4, -0.2) is 37.5 Å². The van der Waals surface area contributed by atoms with Gasteiger partial charge in [0.15, 0.2) is 0 Å². The molecule has 1 N–H and O–H groups in total. The Bertz CT molecular complexity index is 411. The maximum atomic E-state index is 11.9. The molecule has 1 heterocycles. The summed E-state index contributed by atoms with van der Waals surface area (Å²) < 4.78 is 0. The van der Waals surface area contributed by atoms with Crippen molar-refractivity contribution in [2.75, 3.05) is 26.7 Å². The predicted molar refractivity (Wildman–Crippen MR) is 89.9 cm³/mol. The van der Waals surface area contributed by atoms with E-state index in [1.807, 2.05) is 11.9 Å². The molecule has 118 valence electrons. The summed E-state index contributed by atoms with van der Waals surface area (Å²) in [6.07, 6.45) is 6.05. The number of hydrogen-bond donors (Lipinski definition) is 1. The summed E-state index contributed by atoms with van der Waals surface area (Å²) >= 11 is 0. The van der Waals surface area contributed by atoms with Gasteiger partial charge in [0.1, 0.15) is 0 Å². The smallest absolute Gasteiger partial charge is 0.236 e. The van der Waals surface area contributed by atoms with E-state index < -0.39 is 0 Å². The van der Waals surface area contributed by atoms with Crippen molar-refractivity contribution < 1.29 is 4.79 Å².